The van der Waals surface area contributed by atoms with E-state index >= 15 is 0 Å². The summed E-state index contributed by atoms with van der Waals surface area (Å²) in [5.74, 6) is -0.672. The summed E-state index contributed by atoms with van der Waals surface area (Å²) < 4.78 is 5.25. The van der Waals surface area contributed by atoms with Crippen molar-refractivity contribution >= 4 is 23.1 Å². The largest absolute Gasteiger partial charge is 0.379 e. The number of hydrogen-bond donors (Lipinski definition) is 1. The minimum absolute atomic E-state index is 0.0886. The van der Waals surface area contributed by atoms with E-state index < -0.39 is 4.92 Å². The molecule has 8 heteroatoms. The fraction of sp³-hybridized carbons (Fsp3) is 0.263. The van der Waals surface area contributed by atoms with Gasteiger partial charge in [-0.2, -0.15) is 0 Å². The zero-order chi connectivity index (χ0) is 19.2. The van der Waals surface area contributed by atoms with Gasteiger partial charge in [0, 0.05) is 30.8 Å². The lowest BCUT2D eigenvalue weighted by molar-refractivity contribution is -0.384. The highest BCUT2D eigenvalue weighted by molar-refractivity contribution is 6.14. The monoisotopic (exact) mass is 369 g/mol. The predicted octanol–water partition coefficient (Wildman–Crippen LogP) is 2.10. The number of rotatable bonds is 6. The van der Waals surface area contributed by atoms with Gasteiger partial charge in [-0.3, -0.25) is 24.6 Å². The lowest BCUT2D eigenvalue weighted by Crippen LogP contribution is -2.41. The maximum Gasteiger partial charge on any atom is 0.270 e. The first kappa shape index (κ1) is 18.7. The number of carbonyl (C=O) groups excluding carboxylic acids is 2. The minimum Gasteiger partial charge on any atom is -0.379 e. The van der Waals surface area contributed by atoms with Crippen molar-refractivity contribution in [1.82, 2.24) is 4.90 Å². The summed E-state index contributed by atoms with van der Waals surface area (Å²) in [6.45, 7) is 2.62. The highest BCUT2D eigenvalue weighted by atomic mass is 16.6. The number of nitro groups is 1. The molecular formula is C19H19N3O5. The van der Waals surface area contributed by atoms with E-state index in [2.05, 4.69) is 5.32 Å². The Morgan fingerprint density at radius 3 is 2.48 bits per heavy atom. The summed E-state index contributed by atoms with van der Waals surface area (Å²) in [6, 6.07) is 12.3. The molecule has 1 fully saturated rings. The molecule has 2 aromatic rings. The Hall–Kier alpha value is -3.10. The van der Waals surface area contributed by atoms with E-state index in [0.717, 1.165) is 0 Å². The summed E-state index contributed by atoms with van der Waals surface area (Å²) in [4.78, 5) is 37.7. The van der Waals surface area contributed by atoms with E-state index in [9.17, 15) is 19.7 Å². The van der Waals surface area contributed by atoms with Crippen LogP contribution in [0.15, 0.2) is 48.5 Å². The van der Waals surface area contributed by atoms with Gasteiger partial charge in [0.15, 0.2) is 5.78 Å². The molecule has 1 amide bonds. The van der Waals surface area contributed by atoms with Crippen molar-refractivity contribution in [2.75, 3.05) is 38.2 Å². The fourth-order valence-electron chi connectivity index (χ4n) is 2.84. The highest BCUT2D eigenvalue weighted by Gasteiger charge is 2.20. The average Bonchev–Trinajstić information content (AvgIpc) is 2.69. The molecule has 1 aliphatic heterocycles. The Balaban J connectivity index is 1.84. The molecule has 1 aliphatic rings. The van der Waals surface area contributed by atoms with Gasteiger partial charge in [0.05, 0.1) is 35.9 Å². The van der Waals surface area contributed by atoms with Gasteiger partial charge in [-0.05, 0) is 6.07 Å². The molecule has 0 spiro atoms. The van der Waals surface area contributed by atoms with E-state index in [1.807, 2.05) is 4.90 Å². The number of nitro benzene ring substituents is 1. The van der Waals surface area contributed by atoms with Crippen LogP contribution in [0, 0.1) is 10.1 Å². The molecule has 0 radical (unpaired) electrons. The third kappa shape index (κ3) is 4.75. The standard InChI is InChI=1S/C19H19N3O5/c23-18(13-21-8-10-27-11-9-21)20-17-7-6-15(22(25)26)12-16(17)19(24)14-4-2-1-3-5-14/h1-7,12H,8-11,13H2,(H,20,23). The van der Waals surface area contributed by atoms with Crippen molar-refractivity contribution in [3.05, 3.63) is 69.8 Å². The second-order valence-electron chi connectivity index (χ2n) is 6.12. The molecule has 1 heterocycles. The normalized spacial score (nSPS) is 14.5. The Morgan fingerprint density at radius 2 is 1.81 bits per heavy atom. The molecule has 0 bridgehead atoms. The molecule has 2 aromatic carbocycles. The van der Waals surface area contributed by atoms with Crippen LogP contribution in [0.1, 0.15) is 15.9 Å². The van der Waals surface area contributed by atoms with Gasteiger partial charge < -0.3 is 10.1 Å². The number of carbonyl (C=O) groups is 2. The number of non-ortho nitro benzene ring substituents is 1. The summed E-state index contributed by atoms with van der Waals surface area (Å²) >= 11 is 0. The molecule has 0 aliphatic carbocycles. The molecule has 0 saturated carbocycles. The van der Waals surface area contributed by atoms with Crippen LogP contribution in [0.2, 0.25) is 0 Å². The van der Waals surface area contributed by atoms with Crippen molar-refractivity contribution in [2.24, 2.45) is 0 Å². The zero-order valence-corrected chi connectivity index (χ0v) is 14.6. The predicted molar refractivity (Wildman–Crippen MR) is 98.9 cm³/mol. The van der Waals surface area contributed by atoms with E-state index in [-0.39, 0.29) is 35.2 Å². The van der Waals surface area contributed by atoms with Crippen LogP contribution in [0.25, 0.3) is 0 Å². The van der Waals surface area contributed by atoms with E-state index in [0.29, 0.717) is 31.9 Å². The summed E-state index contributed by atoms with van der Waals surface area (Å²) in [6.07, 6.45) is 0. The molecular weight excluding hydrogens is 350 g/mol. The maximum atomic E-state index is 12.8. The molecule has 0 unspecified atom stereocenters. The van der Waals surface area contributed by atoms with Crippen LogP contribution in [-0.4, -0.2) is 54.4 Å². The third-order valence-corrected chi connectivity index (χ3v) is 4.24. The smallest absolute Gasteiger partial charge is 0.270 e. The molecule has 3 rings (SSSR count). The Labute approximate surface area is 155 Å². The average molecular weight is 369 g/mol. The fourth-order valence-corrected chi connectivity index (χ4v) is 2.84. The van der Waals surface area contributed by atoms with Gasteiger partial charge in [-0.1, -0.05) is 30.3 Å². The van der Waals surface area contributed by atoms with Gasteiger partial charge in [0.25, 0.3) is 5.69 Å². The number of nitrogens with zero attached hydrogens (tertiary/aromatic N) is 2. The maximum absolute atomic E-state index is 12.8. The van der Waals surface area contributed by atoms with Crippen molar-refractivity contribution in [2.45, 2.75) is 0 Å². The first-order valence-electron chi connectivity index (χ1n) is 8.53. The molecule has 8 nitrogen and oxygen atoms in total. The molecule has 1 N–H and O–H groups in total. The Kier molecular flexibility index (Phi) is 5.90. The van der Waals surface area contributed by atoms with E-state index in [1.165, 1.54) is 18.2 Å². The lowest BCUT2D eigenvalue weighted by Gasteiger charge is -2.25. The molecule has 0 aromatic heterocycles. The highest BCUT2D eigenvalue weighted by Crippen LogP contribution is 2.25. The van der Waals surface area contributed by atoms with Gasteiger partial charge in [0.1, 0.15) is 0 Å². The van der Waals surface area contributed by atoms with E-state index in [4.69, 9.17) is 4.74 Å². The van der Waals surface area contributed by atoms with Gasteiger partial charge in [0.2, 0.25) is 5.91 Å². The quantitative estimate of drug-likeness (QED) is 0.475. The molecule has 1 saturated heterocycles. The zero-order valence-electron chi connectivity index (χ0n) is 14.6. The van der Waals surface area contributed by atoms with Crippen molar-refractivity contribution < 1.29 is 19.2 Å². The first-order chi connectivity index (χ1) is 13.0. The minimum atomic E-state index is -0.568. The summed E-state index contributed by atoms with van der Waals surface area (Å²) in [7, 11) is 0. The number of amides is 1. The molecule has 0 atom stereocenters. The number of ketones is 1. The van der Waals surface area contributed by atoms with Crippen LogP contribution in [-0.2, 0) is 9.53 Å². The summed E-state index contributed by atoms with van der Waals surface area (Å²) in [5.41, 5.74) is 0.528. The van der Waals surface area contributed by atoms with Crippen LogP contribution >= 0.6 is 0 Å². The van der Waals surface area contributed by atoms with Crippen molar-refractivity contribution in [1.29, 1.82) is 0 Å². The summed E-state index contributed by atoms with van der Waals surface area (Å²) in [5, 5.41) is 13.8. The first-order valence-corrected chi connectivity index (χ1v) is 8.53. The third-order valence-electron chi connectivity index (χ3n) is 4.24. The lowest BCUT2D eigenvalue weighted by atomic mass is 10.0. The Bertz CT molecular complexity index is 848. The number of ether oxygens (including phenoxy) is 1. The number of benzene rings is 2. The number of nitrogens with one attached hydrogen (secondary N) is 1. The second-order valence-corrected chi connectivity index (χ2v) is 6.12. The van der Waals surface area contributed by atoms with Gasteiger partial charge >= 0.3 is 0 Å². The van der Waals surface area contributed by atoms with Crippen LogP contribution < -0.4 is 5.32 Å². The number of morpholine rings is 1. The van der Waals surface area contributed by atoms with E-state index in [1.54, 1.807) is 30.3 Å². The second kappa shape index (κ2) is 8.52. The van der Waals surface area contributed by atoms with Crippen LogP contribution in [0.5, 0.6) is 0 Å². The molecule has 27 heavy (non-hydrogen) atoms. The topological polar surface area (TPSA) is 102 Å². The van der Waals surface area contributed by atoms with Gasteiger partial charge in [-0.25, -0.2) is 0 Å². The van der Waals surface area contributed by atoms with Crippen molar-refractivity contribution in [3.8, 4) is 0 Å². The SMILES string of the molecule is O=C(CN1CCOCC1)Nc1ccc([N+](=O)[O-])cc1C(=O)c1ccccc1. The van der Waals surface area contributed by atoms with Crippen molar-refractivity contribution in [3.63, 3.8) is 0 Å². The number of hydrogen-bond acceptors (Lipinski definition) is 6. The molecule has 140 valence electrons. The van der Waals surface area contributed by atoms with Gasteiger partial charge in [-0.15, -0.1) is 0 Å². The Morgan fingerprint density at radius 1 is 1.11 bits per heavy atom. The van der Waals surface area contributed by atoms with Crippen LogP contribution in [0.4, 0.5) is 11.4 Å². The van der Waals surface area contributed by atoms with Crippen LogP contribution in [0.3, 0.4) is 0 Å². The number of anilines is 1.